The lowest BCUT2D eigenvalue weighted by Gasteiger charge is -1.96. The standard InChI is InChI=1S/C10H6BrNO/c11-10-4-3-8(2-1-5-13)6-9(10)7-12/h1-6H/b2-1+. The van der Waals surface area contributed by atoms with Crippen LogP contribution in [0, 0.1) is 11.3 Å². The minimum atomic E-state index is 0.563. The second kappa shape index (κ2) is 4.58. The summed E-state index contributed by atoms with van der Waals surface area (Å²) in [6.07, 6.45) is 3.75. The molecule has 0 bridgehead atoms. The van der Waals surface area contributed by atoms with Gasteiger partial charge in [-0.1, -0.05) is 12.1 Å². The maximum Gasteiger partial charge on any atom is 0.142 e. The fourth-order valence-corrected chi connectivity index (χ4v) is 1.22. The first-order chi connectivity index (χ1) is 6.27. The molecule has 0 fully saturated rings. The predicted molar refractivity (Wildman–Crippen MR) is 54.0 cm³/mol. The number of halogens is 1. The van der Waals surface area contributed by atoms with E-state index < -0.39 is 0 Å². The van der Waals surface area contributed by atoms with Gasteiger partial charge in [-0.2, -0.15) is 5.26 Å². The van der Waals surface area contributed by atoms with Crippen LogP contribution in [0.4, 0.5) is 0 Å². The second-order valence-corrected chi connectivity index (χ2v) is 3.20. The Kier molecular flexibility index (Phi) is 3.41. The van der Waals surface area contributed by atoms with Gasteiger partial charge in [-0.3, -0.25) is 4.79 Å². The third-order valence-electron chi connectivity index (χ3n) is 1.48. The molecule has 0 spiro atoms. The highest BCUT2D eigenvalue weighted by molar-refractivity contribution is 9.10. The van der Waals surface area contributed by atoms with Crippen LogP contribution < -0.4 is 0 Å². The number of hydrogen-bond donors (Lipinski definition) is 0. The summed E-state index contributed by atoms with van der Waals surface area (Å²) in [5.41, 5.74) is 1.40. The molecule has 1 aromatic carbocycles. The van der Waals surface area contributed by atoms with Gasteiger partial charge in [0, 0.05) is 4.47 Å². The van der Waals surface area contributed by atoms with Crippen LogP contribution in [0.3, 0.4) is 0 Å². The van der Waals surface area contributed by atoms with Crippen LogP contribution in [-0.2, 0) is 4.79 Å². The Morgan fingerprint density at radius 2 is 2.23 bits per heavy atom. The zero-order chi connectivity index (χ0) is 9.68. The van der Waals surface area contributed by atoms with E-state index in [9.17, 15) is 4.79 Å². The fraction of sp³-hybridized carbons (Fsp3) is 0. The minimum Gasteiger partial charge on any atom is -0.299 e. The van der Waals surface area contributed by atoms with E-state index in [1.807, 2.05) is 12.1 Å². The van der Waals surface area contributed by atoms with Crippen molar-refractivity contribution < 1.29 is 4.79 Å². The molecule has 0 aliphatic carbocycles. The second-order valence-electron chi connectivity index (χ2n) is 2.35. The number of benzene rings is 1. The average Bonchev–Trinajstić information content (AvgIpc) is 2.16. The molecule has 0 unspecified atom stereocenters. The fourth-order valence-electron chi connectivity index (χ4n) is 0.883. The number of carbonyl (C=O) groups excluding carboxylic acids is 1. The van der Waals surface area contributed by atoms with Crippen LogP contribution in [0.2, 0.25) is 0 Å². The van der Waals surface area contributed by atoms with Crippen molar-refractivity contribution in [2.75, 3.05) is 0 Å². The van der Waals surface area contributed by atoms with E-state index in [0.717, 1.165) is 10.0 Å². The third-order valence-corrected chi connectivity index (χ3v) is 2.17. The van der Waals surface area contributed by atoms with Crippen LogP contribution in [-0.4, -0.2) is 6.29 Å². The molecule has 1 aromatic rings. The Morgan fingerprint density at radius 3 is 2.85 bits per heavy atom. The molecular weight excluding hydrogens is 230 g/mol. The highest BCUT2D eigenvalue weighted by Crippen LogP contribution is 2.17. The van der Waals surface area contributed by atoms with Crippen molar-refractivity contribution in [1.82, 2.24) is 0 Å². The molecule has 0 saturated heterocycles. The Bertz CT molecular complexity index is 390. The molecular formula is C10H6BrNO. The lowest BCUT2D eigenvalue weighted by molar-refractivity contribution is -0.104. The monoisotopic (exact) mass is 235 g/mol. The van der Waals surface area contributed by atoms with Crippen molar-refractivity contribution in [3.05, 3.63) is 39.9 Å². The average molecular weight is 236 g/mol. The molecule has 1 rings (SSSR count). The minimum absolute atomic E-state index is 0.563. The molecule has 0 N–H and O–H groups in total. The lowest BCUT2D eigenvalue weighted by Crippen LogP contribution is -1.79. The third kappa shape index (κ3) is 2.53. The van der Waals surface area contributed by atoms with Crippen LogP contribution in [0.5, 0.6) is 0 Å². The SMILES string of the molecule is N#Cc1cc(/C=C/C=O)ccc1Br. The number of aldehydes is 1. The van der Waals surface area contributed by atoms with Gasteiger partial charge in [0.25, 0.3) is 0 Å². The van der Waals surface area contributed by atoms with E-state index in [-0.39, 0.29) is 0 Å². The molecule has 0 aromatic heterocycles. The topological polar surface area (TPSA) is 40.9 Å². The van der Waals surface area contributed by atoms with Crippen LogP contribution in [0.15, 0.2) is 28.7 Å². The Morgan fingerprint density at radius 1 is 1.46 bits per heavy atom. The Hall–Kier alpha value is -1.40. The van der Waals surface area contributed by atoms with Gasteiger partial charge in [-0.05, 0) is 39.7 Å². The molecule has 0 heterocycles. The van der Waals surface area contributed by atoms with Gasteiger partial charge in [0.2, 0.25) is 0 Å². The highest BCUT2D eigenvalue weighted by Gasteiger charge is 1.97. The summed E-state index contributed by atoms with van der Waals surface area (Å²) in [5.74, 6) is 0. The summed E-state index contributed by atoms with van der Waals surface area (Å²) in [6.45, 7) is 0. The lowest BCUT2D eigenvalue weighted by atomic mass is 10.1. The molecule has 0 aliphatic heterocycles. The largest absolute Gasteiger partial charge is 0.299 e. The first-order valence-corrected chi connectivity index (χ1v) is 4.38. The number of carbonyl (C=O) groups is 1. The quantitative estimate of drug-likeness (QED) is 0.584. The zero-order valence-electron chi connectivity index (χ0n) is 6.70. The summed E-state index contributed by atoms with van der Waals surface area (Å²) in [4.78, 5) is 10.0. The summed E-state index contributed by atoms with van der Waals surface area (Å²) in [7, 11) is 0. The number of allylic oxidation sites excluding steroid dienone is 1. The molecule has 3 heteroatoms. The van der Waals surface area contributed by atoms with E-state index in [1.165, 1.54) is 6.08 Å². The number of nitriles is 1. The van der Waals surface area contributed by atoms with Gasteiger partial charge in [-0.25, -0.2) is 0 Å². The Balaban J connectivity index is 3.08. The van der Waals surface area contributed by atoms with E-state index in [0.29, 0.717) is 11.8 Å². The summed E-state index contributed by atoms with van der Waals surface area (Å²) < 4.78 is 0.762. The summed E-state index contributed by atoms with van der Waals surface area (Å²) >= 11 is 3.24. The van der Waals surface area contributed by atoms with Crippen LogP contribution >= 0.6 is 15.9 Å². The van der Waals surface area contributed by atoms with Gasteiger partial charge >= 0.3 is 0 Å². The summed E-state index contributed by atoms with van der Waals surface area (Å²) in [5, 5.41) is 8.69. The van der Waals surface area contributed by atoms with Crippen molar-refractivity contribution >= 4 is 28.3 Å². The Labute approximate surface area is 84.6 Å². The smallest absolute Gasteiger partial charge is 0.142 e. The van der Waals surface area contributed by atoms with Crippen LogP contribution in [0.1, 0.15) is 11.1 Å². The van der Waals surface area contributed by atoms with Crippen molar-refractivity contribution in [2.45, 2.75) is 0 Å². The van der Waals surface area contributed by atoms with Crippen molar-refractivity contribution in [2.24, 2.45) is 0 Å². The molecule has 0 saturated carbocycles. The van der Waals surface area contributed by atoms with E-state index in [2.05, 4.69) is 15.9 Å². The molecule has 13 heavy (non-hydrogen) atoms. The van der Waals surface area contributed by atoms with E-state index in [1.54, 1.807) is 18.2 Å². The van der Waals surface area contributed by atoms with Gasteiger partial charge in [0.15, 0.2) is 0 Å². The molecule has 2 nitrogen and oxygen atoms in total. The van der Waals surface area contributed by atoms with Gasteiger partial charge in [-0.15, -0.1) is 0 Å². The molecule has 0 aliphatic rings. The maximum absolute atomic E-state index is 10.0. The maximum atomic E-state index is 10.0. The molecule has 0 radical (unpaired) electrons. The zero-order valence-corrected chi connectivity index (χ0v) is 8.28. The highest BCUT2D eigenvalue weighted by atomic mass is 79.9. The number of rotatable bonds is 2. The molecule has 0 atom stereocenters. The first-order valence-electron chi connectivity index (χ1n) is 3.59. The van der Waals surface area contributed by atoms with Gasteiger partial charge in [0.05, 0.1) is 5.56 Å². The number of nitrogens with zero attached hydrogens (tertiary/aromatic N) is 1. The van der Waals surface area contributed by atoms with Gasteiger partial charge < -0.3 is 0 Å². The molecule has 0 amide bonds. The van der Waals surface area contributed by atoms with Gasteiger partial charge in [0.1, 0.15) is 12.4 Å². The molecule has 64 valence electrons. The van der Waals surface area contributed by atoms with Crippen molar-refractivity contribution in [1.29, 1.82) is 5.26 Å². The van der Waals surface area contributed by atoms with Crippen molar-refractivity contribution in [3.8, 4) is 6.07 Å². The predicted octanol–water partition coefficient (Wildman–Crippen LogP) is 2.53. The van der Waals surface area contributed by atoms with Crippen LogP contribution in [0.25, 0.3) is 6.08 Å². The number of hydrogen-bond acceptors (Lipinski definition) is 2. The van der Waals surface area contributed by atoms with E-state index in [4.69, 9.17) is 5.26 Å². The normalized spacial score (nSPS) is 9.85. The van der Waals surface area contributed by atoms with Crippen molar-refractivity contribution in [3.63, 3.8) is 0 Å². The first kappa shape index (κ1) is 9.69. The van der Waals surface area contributed by atoms with E-state index >= 15 is 0 Å². The summed E-state index contributed by atoms with van der Waals surface area (Å²) in [6, 6.07) is 7.36.